The number of carboxylic acids is 1. The Kier molecular flexibility index (Phi) is 4.92. The smallest absolute Gasteiger partial charge is 0.328 e. The number of carbonyl (C=O) groups is 1. The van der Waals surface area contributed by atoms with E-state index in [0.717, 1.165) is 11.8 Å². The number of aliphatic carboxylic acids is 1. The van der Waals surface area contributed by atoms with Gasteiger partial charge in [-0.15, -0.1) is 0 Å². The Morgan fingerprint density at radius 3 is 2.69 bits per heavy atom. The molecule has 0 heterocycles. The van der Waals surface area contributed by atoms with E-state index in [9.17, 15) is 4.79 Å². The van der Waals surface area contributed by atoms with Crippen molar-refractivity contribution in [3.05, 3.63) is 36.4 Å². The summed E-state index contributed by atoms with van der Waals surface area (Å²) in [6, 6.07) is 7.21. The van der Waals surface area contributed by atoms with Crippen LogP contribution in [-0.2, 0) is 4.79 Å². The zero-order valence-corrected chi connectivity index (χ0v) is 9.05. The quantitative estimate of drug-likeness (QED) is 0.749. The van der Waals surface area contributed by atoms with Gasteiger partial charge in [-0.2, -0.15) is 0 Å². The van der Waals surface area contributed by atoms with Crippen molar-refractivity contribution in [2.75, 3.05) is 13.2 Å². The minimum Gasteiger partial charge on any atom is -0.494 e. The van der Waals surface area contributed by atoms with Crippen LogP contribution in [0.2, 0.25) is 0 Å². The van der Waals surface area contributed by atoms with Crippen molar-refractivity contribution in [1.29, 1.82) is 0 Å². The van der Waals surface area contributed by atoms with Gasteiger partial charge in [0.15, 0.2) is 0 Å². The van der Waals surface area contributed by atoms with Gasteiger partial charge < -0.3 is 14.6 Å². The number of carboxylic acid groups (broad SMARTS) is 1. The Morgan fingerprint density at radius 1 is 1.38 bits per heavy atom. The summed E-state index contributed by atoms with van der Waals surface area (Å²) in [5.41, 5.74) is 0. The van der Waals surface area contributed by atoms with Gasteiger partial charge in [-0.3, -0.25) is 0 Å². The molecule has 4 heteroatoms. The Balaban J connectivity index is 2.47. The first-order valence-electron chi connectivity index (χ1n) is 4.97. The summed E-state index contributed by atoms with van der Waals surface area (Å²) in [6.07, 6.45) is 2.49. The van der Waals surface area contributed by atoms with Gasteiger partial charge >= 0.3 is 5.97 Å². The number of hydrogen-bond acceptors (Lipinski definition) is 3. The number of benzene rings is 1. The molecule has 86 valence electrons. The van der Waals surface area contributed by atoms with Crippen LogP contribution < -0.4 is 9.47 Å². The van der Waals surface area contributed by atoms with E-state index in [-0.39, 0.29) is 6.61 Å². The molecule has 0 radical (unpaired) electrons. The van der Waals surface area contributed by atoms with Crippen LogP contribution in [0.25, 0.3) is 0 Å². The molecule has 0 saturated heterocycles. The third-order valence-corrected chi connectivity index (χ3v) is 1.72. The van der Waals surface area contributed by atoms with Gasteiger partial charge in [0.1, 0.15) is 18.1 Å². The maximum Gasteiger partial charge on any atom is 0.328 e. The highest BCUT2D eigenvalue weighted by molar-refractivity contribution is 5.79. The lowest BCUT2D eigenvalue weighted by molar-refractivity contribution is -0.131. The summed E-state index contributed by atoms with van der Waals surface area (Å²) in [5, 5.41) is 8.36. The lowest BCUT2D eigenvalue weighted by Crippen LogP contribution is -1.96. The summed E-state index contributed by atoms with van der Waals surface area (Å²) in [4.78, 5) is 10.2. The first-order chi connectivity index (χ1) is 7.72. The Hall–Kier alpha value is -1.97. The average molecular weight is 222 g/mol. The molecule has 1 rings (SSSR count). The predicted octanol–water partition coefficient (Wildman–Crippen LogP) is 2.10. The van der Waals surface area contributed by atoms with Gasteiger partial charge in [0.2, 0.25) is 0 Å². The van der Waals surface area contributed by atoms with Crippen molar-refractivity contribution in [3.8, 4) is 11.5 Å². The molecule has 0 atom stereocenters. The maximum absolute atomic E-state index is 10.2. The fourth-order valence-corrected chi connectivity index (χ4v) is 1.11. The first kappa shape index (κ1) is 12.1. The summed E-state index contributed by atoms with van der Waals surface area (Å²) < 4.78 is 10.6. The molecule has 0 fully saturated rings. The van der Waals surface area contributed by atoms with Gasteiger partial charge in [-0.1, -0.05) is 6.07 Å². The van der Waals surface area contributed by atoms with E-state index in [0.29, 0.717) is 12.4 Å². The molecule has 0 unspecified atom stereocenters. The van der Waals surface area contributed by atoms with E-state index in [1.807, 2.05) is 19.1 Å². The minimum atomic E-state index is -0.980. The molecule has 1 aromatic carbocycles. The van der Waals surface area contributed by atoms with Crippen LogP contribution in [-0.4, -0.2) is 24.3 Å². The van der Waals surface area contributed by atoms with E-state index in [1.165, 1.54) is 6.08 Å². The summed E-state index contributed by atoms with van der Waals surface area (Å²) >= 11 is 0. The maximum atomic E-state index is 10.2. The van der Waals surface area contributed by atoms with E-state index in [2.05, 4.69) is 0 Å². The third-order valence-electron chi connectivity index (χ3n) is 1.72. The van der Waals surface area contributed by atoms with Gasteiger partial charge in [-0.05, 0) is 25.1 Å². The molecule has 0 amide bonds. The van der Waals surface area contributed by atoms with Crippen molar-refractivity contribution in [3.63, 3.8) is 0 Å². The standard InChI is InChI=1S/C12H14O4/c1-2-15-10-5-3-6-11(9-10)16-8-4-7-12(13)14/h3-7,9H,2,8H2,1H3,(H,13,14)/b7-4+. The van der Waals surface area contributed by atoms with Crippen molar-refractivity contribution in [2.24, 2.45) is 0 Å². The topological polar surface area (TPSA) is 55.8 Å². The lowest BCUT2D eigenvalue weighted by Gasteiger charge is -2.06. The van der Waals surface area contributed by atoms with Crippen molar-refractivity contribution in [1.82, 2.24) is 0 Å². The van der Waals surface area contributed by atoms with Gasteiger partial charge in [0.05, 0.1) is 6.61 Å². The Labute approximate surface area is 94.1 Å². The highest BCUT2D eigenvalue weighted by Crippen LogP contribution is 2.19. The van der Waals surface area contributed by atoms with Crippen LogP contribution in [0.5, 0.6) is 11.5 Å². The van der Waals surface area contributed by atoms with Crippen LogP contribution in [0.4, 0.5) is 0 Å². The van der Waals surface area contributed by atoms with Crippen LogP contribution >= 0.6 is 0 Å². The van der Waals surface area contributed by atoms with Crippen LogP contribution in [0.3, 0.4) is 0 Å². The SMILES string of the molecule is CCOc1cccc(OC/C=C/C(=O)O)c1. The van der Waals surface area contributed by atoms with Crippen molar-refractivity contribution >= 4 is 5.97 Å². The Bertz CT molecular complexity index is 371. The number of ether oxygens (including phenoxy) is 2. The minimum absolute atomic E-state index is 0.224. The molecular weight excluding hydrogens is 208 g/mol. The predicted molar refractivity (Wildman–Crippen MR) is 59.9 cm³/mol. The second kappa shape index (κ2) is 6.50. The van der Waals surface area contributed by atoms with Gasteiger partial charge in [0.25, 0.3) is 0 Å². The fourth-order valence-electron chi connectivity index (χ4n) is 1.11. The number of rotatable bonds is 6. The fraction of sp³-hybridized carbons (Fsp3) is 0.250. The molecule has 0 spiro atoms. The zero-order valence-electron chi connectivity index (χ0n) is 9.05. The van der Waals surface area contributed by atoms with E-state index < -0.39 is 5.97 Å². The molecule has 16 heavy (non-hydrogen) atoms. The molecular formula is C12H14O4. The van der Waals surface area contributed by atoms with E-state index in [1.54, 1.807) is 12.1 Å². The summed E-state index contributed by atoms with van der Waals surface area (Å²) in [6.45, 7) is 2.73. The van der Waals surface area contributed by atoms with Crippen molar-refractivity contribution < 1.29 is 19.4 Å². The number of hydrogen-bond donors (Lipinski definition) is 1. The van der Waals surface area contributed by atoms with Gasteiger partial charge in [-0.25, -0.2) is 4.79 Å². The molecule has 0 aliphatic carbocycles. The highest BCUT2D eigenvalue weighted by atomic mass is 16.5. The van der Waals surface area contributed by atoms with Crippen LogP contribution in [0.15, 0.2) is 36.4 Å². The average Bonchev–Trinajstić information content (AvgIpc) is 2.25. The molecule has 0 saturated carbocycles. The summed E-state index contributed by atoms with van der Waals surface area (Å²) in [7, 11) is 0. The van der Waals surface area contributed by atoms with Crippen LogP contribution in [0, 0.1) is 0 Å². The van der Waals surface area contributed by atoms with E-state index >= 15 is 0 Å². The molecule has 4 nitrogen and oxygen atoms in total. The normalized spacial score (nSPS) is 10.3. The second-order valence-corrected chi connectivity index (χ2v) is 2.96. The van der Waals surface area contributed by atoms with E-state index in [4.69, 9.17) is 14.6 Å². The highest BCUT2D eigenvalue weighted by Gasteiger charge is 1.96. The molecule has 0 aromatic heterocycles. The second-order valence-electron chi connectivity index (χ2n) is 2.96. The molecule has 1 aromatic rings. The zero-order chi connectivity index (χ0) is 11.8. The summed E-state index contributed by atoms with van der Waals surface area (Å²) in [5.74, 6) is 0.412. The molecule has 0 aliphatic rings. The van der Waals surface area contributed by atoms with Crippen LogP contribution in [0.1, 0.15) is 6.92 Å². The van der Waals surface area contributed by atoms with Crippen molar-refractivity contribution in [2.45, 2.75) is 6.92 Å². The van der Waals surface area contributed by atoms with Gasteiger partial charge in [0, 0.05) is 12.1 Å². The first-order valence-corrected chi connectivity index (χ1v) is 4.97. The molecule has 0 bridgehead atoms. The molecule has 0 aliphatic heterocycles. The lowest BCUT2D eigenvalue weighted by atomic mass is 10.3. The molecule has 1 N–H and O–H groups in total. The largest absolute Gasteiger partial charge is 0.494 e. The third kappa shape index (κ3) is 4.50. The monoisotopic (exact) mass is 222 g/mol. The Morgan fingerprint density at radius 2 is 2.06 bits per heavy atom.